The van der Waals surface area contributed by atoms with E-state index in [9.17, 15) is 9.18 Å². The first-order chi connectivity index (χ1) is 12.4. The Balaban J connectivity index is 1.60. The summed E-state index contributed by atoms with van der Waals surface area (Å²) >= 11 is 11.8. The van der Waals surface area contributed by atoms with Crippen LogP contribution in [-0.4, -0.2) is 23.0 Å². The van der Waals surface area contributed by atoms with Gasteiger partial charge in [-0.15, -0.1) is 0 Å². The first-order valence-electron chi connectivity index (χ1n) is 7.84. The third-order valence-corrected chi connectivity index (χ3v) is 4.81. The Morgan fingerprint density at radius 2 is 2.15 bits per heavy atom. The lowest BCUT2D eigenvalue weighted by molar-refractivity contribution is 0.102. The predicted octanol–water partition coefficient (Wildman–Crippen LogP) is 3.55. The Bertz CT molecular complexity index is 937. The Labute approximate surface area is 158 Å². The zero-order valence-corrected chi connectivity index (χ0v) is 14.8. The minimum absolute atomic E-state index is 0.0211. The lowest BCUT2D eigenvalue weighted by atomic mass is 10.0. The van der Waals surface area contributed by atoms with Crippen LogP contribution >= 0.6 is 23.2 Å². The number of amides is 1. The number of aromatic nitrogens is 1. The van der Waals surface area contributed by atoms with Crippen LogP contribution in [-0.2, 0) is 4.74 Å². The van der Waals surface area contributed by atoms with Gasteiger partial charge in [0.25, 0.3) is 11.9 Å². The minimum Gasteiger partial charge on any atom is -0.462 e. The maximum absolute atomic E-state index is 14.3. The number of hydrogen-bond acceptors (Lipinski definition) is 5. The molecule has 1 amide bonds. The second-order valence-corrected chi connectivity index (χ2v) is 6.99. The van der Waals surface area contributed by atoms with Gasteiger partial charge in [0, 0.05) is 23.4 Å². The van der Waals surface area contributed by atoms with Crippen molar-refractivity contribution in [2.75, 3.05) is 5.32 Å². The highest BCUT2D eigenvalue weighted by molar-refractivity contribution is 6.36. The lowest BCUT2D eigenvalue weighted by Crippen LogP contribution is -2.25. The molecule has 26 heavy (non-hydrogen) atoms. The molecule has 1 saturated carbocycles. The van der Waals surface area contributed by atoms with E-state index < -0.39 is 17.8 Å². The molecule has 9 heteroatoms. The summed E-state index contributed by atoms with van der Waals surface area (Å²) in [6.45, 7) is 0. The van der Waals surface area contributed by atoms with Crippen LogP contribution in [0, 0.1) is 11.7 Å². The quantitative estimate of drug-likeness (QED) is 0.832. The Morgan fingerprint density at radius 1 is 1.35 bits per heavy atom. The summed E-state index contributed by atoms with van der Waals surface area (Å²) in [6.07, 6.45) is 2.08. The summed E-state index contributed by atoms with van der Waals surface area (Å²) in [7, 11) is 0. The van der Waals surface area contributed by atoms with Gasteiger partial charge in [0.05, 0.1) is 16.1 Å². The molecule has 1 aromatic heterocycles. The molecule has 0 bridgehead atoms. The molecule has 0 saturated heterocycles. The molecule has 2 aromatic rings. The molecule has 0 radical (unpaired) electrons. The number of rotatable bonds is 3. The van der Waals surface area contributed by atoms with Crippen molar-refractivity contribution in [3.63, 3.8) is 0 Å². The van der Waals surface area contributed by atoms with Gasteiger partial charge < -0.3 is 15.8 Å². The number of carbonyl (C=O) groups excluding carboxylic acids is 1. The molecule has 1 fully saturated rings. The van der Waals surface area contributed by atoms with Gasteiger partial charge in [0.1, 0.15) is 17.6 Å². The highest BCUT2D eigenvalue weighted by Gasteiger charge is 2.50. The van der Waals surface area contributed by atoms with Gasteiger partial charge in [0.2, 0.25) is 0 Å². The summed E-state index contributed by atoms with van der Waals surface area (Å²) in [4.78, 5) is 20.5. The molecule has 6 nitrogen and oxygen atoms in total. The van der Waals surface area contributed by atoms with E-state index in [0.29, 0.717) is 16.3 Å². The number of anilines is 1. The number of benzene rings is 1. The number of halogens is 3. The lowest BCUT2D eigenvalue weighted by Gasteiger charge is -2.20. The Kier molecular flexibility index (Phi) is 4.20. The zero-order chi connectivity index (χ0) is 18.4. The molecular formula is C17H13Cl2FN4O2. The Morgan fingerprint density at radius 3 is 2.92 bits per heavy atom. The molecular weight excluding hydrogens is 382 g/mol. The van der Waals surface area contributed by atoms with Crippen molar-refractivity contribution in [3.05, 3.63) is 57.6 Å². The van der Waals surface area contributed by atoms with Crippen LogP contribution in [0.1, 0.15) is 28.5 Å². The van der Waals surface area contributed by atoms with E-state index in [0.717, 1.165) is 6.42 Å². The number of carbonyl (C=O) groups is 1. The summed E-state index contributed by atoms with van der Waals surface area (Å²) in [5, 5.41) is 3.11. The number of amidine groups is 1. The van der Waals surface area contributed by atoms with E-state index >= 15 is 0 Å². The van der Waals surface area contributed by atoms with Crippen molar-refractivity contribution in [1.29, 1.82) is 0 Å². The van der Waals surface area contributed by atoms with Crippen molar-refractivity contribution < 1.29 is 13.9 Å². The normalized spacial score (nSPS) is 23.5. The van der Waals surface area contributed by atoms with Gasteiger partial charge in [-0.2, -0.15) is 0 Å². The molecule has 1 aliphatic heterocycles. The third-order valence-electron chi connectivity index (χ3n) is 4.32. The second-order valence-electron chi connectivity index (χ2n) is 6.14. The van der Waals surface area contributed by atoms with Crippen LogP contribution in [0.5, 0.6) is 0 Å². The number of fused-ring (bicyclic) bond motifs is 1. The van der Waals surface area contributed by atoms with Gasteiger partial charge in [0.15, 0.2) is 0 Å². The van der Waals surface area contributed by atoms with Gasteiger partial charge >= 0.3 is 0 Å². The summed E-state index contributed by atoms with van der Waals surface area (Å²) < 4.78 is 19.7. The number of nitrogens with one attached hydrogen (secondary N) is 1. The summed E-state index contributed by atoms with van der Waals surface area (Å²) in [5.41, 5.74) is 6.44. The SMILES string of the molecule is NC1=N[C@H](c2cc(NC(=O)c3ncc(Cl)cc3Cl)ccc2F)C2C[C@H]2O1. The molecule has 1 aromatic carbocycles. The van der Waals surface area contributed by atoms with Crippen molar-refractivity contribution in [2.45, 2.75) is 18.6 Å². The fourth-order valence-electron chi connectivity index (χ4n) is 3.00. The molecule has 0 spiro atoms. The van der Waals surface area contributed by atoms with Crippen LogP contribution in [0.2, 0.25) is 10.0 Å². The number of nitrogens with zero attached hydrogens (tertiary/aromatic N) is 2. The average molecular weight is 395 g/mol. The van der Waals surface area contributed by atoms with Crippen molar-refractivity contribution in [3.8, 4) is 0 Å². The minimum atomic E-state index is -0.525. The highest BCUT2D eigenvalue weighted by atomic mass is 35.5. The van der Waals surface area contributed by atoms with E-state index in [1.165, 1.54) is 24.4 Å². The number of pyridine rings is 1. The van der Waals surface area contributed by atoms with Crippen molar-refractivity contribution in [2.24, 2.45) is 16.6 Å². The van der Waals surface area contributed by atoms with Crippen LogP contribution < -0.4 is 11.1 Å². The van der Waals surface area contributed by atoms with Crippen molar-refractivity contribution in [1.82, 2.24) is 4.98 Å². The van der Waals surface area contributed by atoms with Crippen LogP contribution in [0.25, 0.3) is 0 Å². The smallest absolute Gasteiger partial charge is 0.282 e. The molecule has 2 heterocycles. The average Bonchev–Trinajstić information content (AvgIpc) is 3.35. The standard InChI is InChI=1S/C17H13Cl2FN4O2/c18-7-3-11(19)15(22-6-7)16(25)23-8-1-2-12(20)9(4-8)14-10-5-13(10)26-17(21)24-14/h1-4,6,10,13-14H,5H2,(H2,21,24)(H,23,25)/t10?,13-,14-/m1/s1. The summed E-state index contributed by atoms with van der Waals surface area (Å²) in [6, 6.07) is 5.33. The number of nitrogens with two attached hydrogens (primary N) is 1. The fraction of sp³-hybridized carbons (Fsp3) is 0.235. The maximum Gasteiger partial charge on any atom is 0.282 e. The first-order valence-corrected chi connectivity index (χ1v) is 8.60. The van der Waals surface area contributed by atoms with E-state index in [-0.39, 0.29) is 28.8 Å². The zero-order valence-electron chi connectivity index (χ0n) is 13.2. The van der Waals surface area contributed by atoms with E-state index in [1.807, 2.05) is 0 Å². The van der Waals surface area contributed by atoms with E-state index in [4.69, 9.17) is 33.7 Å². The molecule has 1 aliphatic carbocycles. The highest BCUT2D eigenvalue weighted by Crippen LogP contribution is 2.49. The van der Waals surface area contributed by atoms with E-state index in [1.54, 1.807) is 6.07 Å². The molecule has 2 aliphatic rings. The largest absolute Gasteiger partial charge is 0.462 e. The number of aliphatic imine (C=N–C) groups is 1. The van der Waals surface area contributed by atoms with Crippen LogP contribution in [0.4, 0.5) is 10.1 Å². The molecule has 3 atom stereocenters. The molecule has 4 rings (SSSR count). The monoisotopic (exact) mass is 394 g/mol. The topological polar surface area (TPSA) is 89.6 Å². The second kappa shape index (κ2) is 6.41. The molecule has 3 N–H and O–H groups in total. The first kappa shape index (κ1) is 17.1. The van der Waals surface area contributed by atoms with Gasteiger partial charge in [-0.3, -0.25) is 4.79 Å². The Hall–Kier alpha value is -2.38. The van der Waals surface area contributed by atoms with Gasteiger partial charge in [-0.05, 0) is 30.7 Å². The fourth-order valence-corrected chi connectivity index (χ4v) is 3.46. The summed E-state index contributed by atoms with van der Waals surface area (Å²) in [5.74, 6) is -0.849. The number of ether oxygens (including phenoxy) is 1. The molecule has 134 valence electrons. The van der Waals surface area contributed by atoms with Crippen LogP contribution in [0.3, 0.4) is 0 Å². The van der Waals surface area contributed by atoms with E-state index in [2.05, 4.69) is 15.3 Å². The van der Waals surface area contributed by atoms with Crippen LogP contribution in [0.15, 0.2) is 35.5 Å². The third kappa shape index (κ3) is 3.20. The van der Waals surface area contributed by atoms with Crippen molar-refractivity contribution >= 4 is 40.8 Å². The van der Waals surface area contributed by atoms with Gasteiger partial charge in [-0.1, -0.05) is 23.2 Å². The maximum atomic E-state index is 14.3. The predicted molar refractivity (Wildman–Crippen MR) is 96.0 cm³/mol. The van der Waals surface area contributed by atoms with Gasteiger partial charge in [-0.25, -0.2) is 14.4 Å². The number of hydrogen-bond donors (Lipinski definition) is 2. The molecule has 1 unspecified atom stereocenters.